The van der Waals surface area contributed by atoms with E-state index in [9.17, 15) is 38.4 Å². The molecule has 0 aromatic heterocycles. The first kappa shape index (κ1) is 54.6. The van der Waals surface area contributed by atoms with E-state index in [0.29, 0.717) is 13.1 Å². The summed E-state index contributed by atoms with van der Waals surface area (Å²) in [6, 6.07) is 0. The fourth-order valence-corrected chi connectivity index (χ4v) is 3.29. The van der Waals surface area contributed by atoms with Crippen LogP contribution in [0, 0.1) is 0 Å². The Balaban J connectivity index is -0.000000373. The number of hydrogen-bond acceptors (Lipinski definition) is 14. The molecular formula is C33H58N8O12. The van der Waals surface area contributed by atoms with E-state index in [1.807, 2.05) is 26.2 Å². The van der Waals surface area contributed by atoms with Gasteiger partial charge in [-0.1, -0.05) is 28.2 Å². The SMILES string of the molecule is C.CC.CC=O.CC=O.CCNNC(=O)CCOCCNC(=O)CCN1C(=O)C=CC1=O.NNC(=O)CCOCCNC(=O)CCN1C(=O)C=CC1=O. The first-order valence-electron chi connectivity index (χ1n) is 16.5. The summed E-state index contributed by atoms with van der Waals surface area (Å²) in [4.78, 5) is 110. The van der Waals surface area contributed by atoms with Crippen LogP contribution < -0.4 is 32.8 Å². The molecule has 0 aromatic rings. The second-order valence-electron chi connectivity index (χ2n) is 9.36. The second kappa shape index (κ2) is 38.1. The van der Waals surface area contributed by atoms with Gasteiger partial charge >= 0.3 is 0 Å². The zero-order chi connectivity index (χ0) is 40.2. The van der Waals surface area contributed by atoms with Crippen molar-refractivity contribution in [2.75, 3.05) is 59.2 Å². The van der Waals surface area contributed by atoms with Crippen LogP contribution in [0.4, 0.5) is 0 Å². The summed E-state index contributed by atoms with van der Waals surface area (Å²) >= 11 is 0. The lowest BCUT2D eigenvalue weighted by molar-refractivity contribution is -0.139. The number of carbonyl (C=O) groups excluding carboxylic acids is 10. The molecule has 20 heteroatoms. The Morgan fingerprint density at radius 3 is 1.30 bits per heavy atom. The third-order valence-corrected chi connectivity index (χ3v) is 5.58. The van der Waals surface area contributed by atoms with Crippen LogP contribution in [-0.2, 0) is 57.4 Å². The van der Waals surface area contributed by atoms with E-state index >= 15 is 0 Å². The maximum atomic E-state index is 11.6. The highest BCUT2D eigenvalue weighted by atomic mass is 16.5. The monoisotopic (exact) mass is 758 g/mol. The molecule has 2 aliphatic rings. The fraction of sp³-hybridized carbons (Fsp3) is 0.576. The van der Waals surface area contributed by atoms with Crippen LogP contribution in [0.1, 0.15) is 67.7 Å². The molecule has 0 saturated heterocycles. The topological polar surface area (TPSA) is 282 Å². The van der Waals surface area contributed by atoms with Crippen molar-refractivity contribution >= 4 is 59.8 Å². The molecule has 0 aromatic carbocycles. The van der Waals surface area contributed by atoms with Gasteiger partial charge in [0.25, 0.3) is 23.6 Å². The minimum Gasteiger partial charge on any atom is -0.379 e. The molecule has 8 amide bonds. The lowest BCUT2D eigenvalue weighted by Crippen LogP contribution is -2.37. The van der Waals surface area contributed by atoms with Crippen molar-refractivity contribution in [3.8, 4) is 0 Å². The average Bonchev–Trinajstić information content (AvgIpc) is 3.63. The van der Waals surface area contributed by atoms with Crippen LogP contribution in [0.15, 0.2) is 24.3 Å². The van der Waals surface area contributed by atoms with Crippen LogP contribution in [-0.4, -0.2) is 129 Å². The van der Waals surface area contributed by atoms with Crippen molar-refractivity contribution in [3.05, 3.63) is 24.3 Å². The van der Waals surface area contributed by atoms with E-state index in [2.05, 4.69) is 21.5 Å². The molecule has 0 spiro atoms. The fourth-order valence-electron chi connectivity index (χ4n) is 3.29. The lowest BCUT2D eigenvalue weighted by Gasteiger charge is -2.13. The van der Waals surface area contributed by atoms with Crippen molar-refractivity contribution in [3.63, 3.8) is 0 Å². The normalized spacial score (nSPS) is 11.9. The first-order chi connectivity index (χ1) is 24.9. The van der Waals surface area contributed by atoms with E-state index in [4.69, 9.17) is 24.9 Å². The number of aldehydes is 2. The zero-order valence-corrected chi connectivity index (χ0v) is 30.5. The summed E-state index contributed by atoms with van der Waals surface area (Å²) in [5, 5.41) is 5.19. The van der Waals surface area contributed by atoms with Gasteiger partial charge in [-0.05, 0) is 13.8 Å². The molecule has 0 saturated carbocycles. The van der Waals surface area contributed by atoms with Crippen LogP contribution in [0.2, 0.25) is 0 Å². The quantitative estimate of drug-likeness (QED) is 0.0203. The van der Waals surface area contributed by atoms with Crippen LogP contribution in [0.5, 0.6) is 0 Å². The van der Waals surface area contributed by atoms with Crippen LogP contribution >= 0.6 is 0 Å². The number of carbonyl (C=O) groups is 10. The van der Waals surface area contributed by atoms with Gasteiger partial charge in [0.1, 0.15) is 12.6 Å². The Morgan fingerprint density at radius 1 is 0.642 bits per heavy atom. The molecule has 0 fully saturated rings. The summed E-state index contributed by atoms with van der Waals surface area (Å²) in [5.41, 5.74) is 7.15. The van der Waals surface area contributed by atoms with Gasteiger partial charge in [0.15, 0.2) is 0 Å². The predicted molar refractivity (Wildman–Crippen MR) is 194 cm³/mol. The number of amides is 8. The highest BCUT2D eigenvalue weighted by Gasteiger charge is 2.24. The lowest BCUT2D eigenvalue weighted by atomic mass is 10.3. The number of imide groups is 2. The van der Waals surface area contributed by atoms with Gasteiger partial charge in [-0.2, -0.15) is 0 Å². The first-order valence-corrected chi connectivity index (χ1v) is 16.5. The van der Waals surface area contributed by atoms with Crippen molar-refractivity contribution < 1.29 is 57.4 Å². The van der Waals surface area contributed by atoms with Gasteiger partial charge < -0.3 is 29.7 Å². The molecule has 0 aliphatic carbocycles. The molecule has 7 N–H and O–H groups in total. The summed E-state index contributed by atoms with van der Waals surface area (Å²) in [5.74, 6) is 2.22. The van der Waals surface area contributed by atoms with Gasteiger partial charge in [0.2, 0.25) is 23.6 Å². The summed E-state index contributed by atoms with van der Waals surface area (Å²) in [6.45, 7) is 11.1. The molecule has 20 nitrogen and oxygen atoms in total. The summed E-state index contributed by atoms with van der Waals surface area (Å²) in [6.07, 6.45) is 6.67. The van der Waals surface area contributed by atoms with Gasteiger partial charge in [-0.3, -0.25) is 59.0 Å². The van der Waals surface area contributed by atoms with Crippen LogP contribution in [0.3, 0.4) is 0 Å². The Hall–Kier alpha value is -5.18. The van der Waals surface area contributed by atoms with Gasteiger partial charge in [0.05, 0.1) is 39.3 Å². The summed E-state index contributed by atoms with van der Waals surface area (Å²) in [7, 11) is 0. The molecular weight excluding hydrogens is 700 g/mol. The Bertz CT molecular complexity index is 1150. The molecule has 2 rings (SSSR count). The van der Waals surface area contributed by atoms with E-state index in [-0.39, 0.29) is 103 Å². The number of nitrogens with zero attached hydrogens (tertiary/aromatic N) is 2. The Labute approximate surface area is 310 Å². The highest BCUT2D eigenvalue weighted by Crippen LogP contribution is 2.04. The average molecular weight is 759 g/mol. The highest BCUT2D eigenvalue weighted by molar-refractivity contribution is 6.13. The number of ether oxygens (including phenoxy) is 2. The molecule has 0 radical (unpaired) electrons. The summed E-state index contributed by atoms with van der Waals surface area (Å²) < 4.78 is 10.3. The molecule has 53 heavy (non-hydrogen) atoms. The number of hydrazine groups is 2. The number of rotatable bonds is 20. The van der Waals surface area contributed by atoms with E-state index < -0.39 is 23.6 Å². The largest absolute Gasteiger partial charge is 0.379 e. The van der Waals surface area contributed by atoms with Gasteiger partial charge in [0, 0.05) is 69.9 Å². The Morgan fingerprint density at radius 2 is 0.981 bits per heavy atom. The maximum absolute atomic E-state index is 11.6. The van der Waals surface area contributed by atoms with Crippen molar-refractivity contribution in [2.24, 2.45) is 5.84 Å². The second-order valence-corrected chi connectivity index (χ2v) is 9.36. The third-order valence-electron chi connectivity index (χ3n) is 5.58. The molecule has 302 valence electrons. The molecule has 2 heterocycles. The van der Waals surface area contributed by atoms with Gasteiger partial charge in [-0.25, -0.2) is 11.3 Å². The smallest absolute Gasteiger partial charge is 0.253 e. The predicted octanol–water partition coefficient (Wildman–Crippen LogP) is -1.65. The van der Waals surface area contributed by atoms with Crippen molar-refractivity contribution in [1.29, 1.82) is 0 Å². The molecule has 0 bridgehead atoms. The van der Waals surface area contributed by atoms with Crippen molar-refractivity contribution in [1.82, 2.24) is 36.7 Å². The van der Waals surface area contributed by atoms with Crippen LogP contribution in [0.25, 0.3) is 0 Å². The number of nitrogens with two attached hydrogens (primary N) is 1. The van der Waals surface area contributed by atoms with Gasteiger partial charge in [-0.15, -0.1) is 0 Å². The maximum Gasteiger partial charge on any atom is 0.253 e. The molecule has 0 unspecified atom stereocenters. The third kappa shape index (κ3) is 31.3. The Kier molecular flexibility index (Phi) is 39.2. The van der Waals surface area contributed by atoms with E-state index in [1.165, 1.54) is 38.2 Å². The standard InChI is InChI=1S/C14H22N4O5.C12H18N4O5.2C2H4O.C2H6.CH4/c1-2-16-17-12(20)6-9-23-10-7-15-11(19)5-8-18-13(21)3-4-14(18)22;13-15-10(18)4-7-21-8-5-14-9(17)3-6-16-11(19)1-2-12(16)20;2*1-2-3;1-2;/h3-4,16H,2,5-10H2,1H3,(H,15,19)(H,17,20);1-2H,3-8,13H2,(H,14,17)(H,15,18);2*2H,1H3;1-2H3;1H4. The van der Waals surface area contributed by atoms with E-state index in [0.717, 1.165) is 22.4 Å². The molecule has 0 atom stereocenters. The van der Waals surface area contributed by atoms with Crippen molar-refractivity contribution in [2.45, 2.75) is 67.7 Å². The minimum absolute atomic E-state index is 0. The minimum atomic E-state index is -0.408. The zero-order valence-electron chi connectivity index (χ0n) is 30.5. The molecule has 2 aliphatic heterocycles. The number of hydrogen-bond donors (Lipinski definition) is 6. The van der Waals surface area contributed by atoms with E-state index in [1.54, 1.807) is 0 Å². The number of nitrogens with one attached hydrogen (secondary N) is 5.